The van der Waals surface area contributed by atoms with E-state index in [0.717, 1.165) is 32.1 Å². The third kappa shape index (κ3) is 2.31. The molecule has 1 saturated heterocycles. The Hall–Kier alpha value is -1.06. The Morgan fingerprint density at radius 2 is 2.00 bits per heavy atom. The van der Waals surface area contributed by atoms with Crippen molar-refractivity contribution in [3.05, 3.63) is 0 Å². The van der Waals surface area contributed by atoms with Gasteiger partial charge < -0.3 is 10.4 Å². The van der Waals surface area contributed by atoms with Crippen LogP contribution in [0.3, 0.4) is 0 Å². The van der Waals surface area contributed by atoms with Crippen molar-refractivity contribution in [3.63, 3.8) is 0 Å². The van der Waals surface area contributed by atoms with E-state index in [1.807, 2.05) is 0 Å². The molecule has 1 aliphatic carbocycles. The molecule has 0 aromatic heterocycles. The van der Waals surface area contributed by atoms with Crippen LogP contribution in [0, 0.1) is 10.8 Å². The molecule has 2 unspecified atom stereocenters. The molecule has 2 rings (SSSR count). The molecule has 0 aromatic carbocycles. The van der Waals surface area contributed by atoms with Gasteiger partial charge in [0, 0.05) is 11.8 Å². The van der Waals surface area contributed by atoms with E-state index < -0.39 is 12.0 Å². The van der Waals surface area contributed by atoms with Crippen molar-refractivity contribution < 1.29 is 14.7 Å². The van der Waals surface area contributed by atoms with Gasteiger partial charge in [-0.3, -0.25) is 4.79 Å². The highest BCUT2D eigenvalue weighted by Crippen LogP contribution is 2.48. The van der Waals surface area contributed by atoms with Gasteiger partial charge in [-0.1, -0.05) is 20.3 Å². The van der Waals surface area contributed by atoms with Gasteiger partial charge in [0.25, 0.3) is 0 Å². The number of rotatable bonds is 1. The van der Waals surface area contributed by atoms with Crippen LogP contribution < -0.4 is 5.32 Å². The van der Waals surface area contributed by atoms with Crippen molar-refractivity contribution in [2.45, 2.75) is 58.4 Å². The van der Waals surface area contributed by atoms with Crippen molar-refractivity contribution in [1.29, 1.82) is 0 Å². The summed E-state index contributed by atoms with van der Waals surface area (Å²) in [5.74, 6) is -0.979. The second-order valence-corrected chi connectivity index (χ2v) is 6.40. The number of carboxylic acid groups (broad SMARTS) is 1. The Labute approximate surface area is 102 Å². The first-order chi connectivity index (χ1) is 7.85. The van der Waals surface area contributed by atoms with Gasteiger partial charge in [-0.05, 0) is 31.1 Å². The normalized spacial score (nSPS) is 36.6. The molecule has 1 heterocycles. The molecular weight excluding hydrogens is 218 g/mol. The number of carbonyl (C=O) groups is 2. The second-order valence-electron chi connectivity index (χ2n) is 6.40. The lowest BCUT2D eigenvalue weighted by molar-refractivity contribution is -0.142. The Morgan fingerprint density at radius 3 is 2.65 bits per heavy atom. The fourth-order valence-corrected chi connectivity index (χ4v) is 3.33. The minimum Gasteiger partial charge on any atom is -0.480 e. The number of carbonyl (C=O) groups excluding carboxylic acids is 1. The molecule has 17 heavy (non-hydrogen) atoms. The molecular formula is C13H21NO3. The van der Waals surface area contributed by atoms with Crippen molar-refractivity contribution in [3.8, 4) is 0 Å². The van der Waals surface area contributed by atoms with E-state index in [0.29, 0.717) is 6.42 Å². The number of hydrogen-bond acceptors (Lipinski definition) is 2. The van der Waals surface area contributed by atoms with Gasteiger partial charge in [0.1, 0.15) is 6.04 Å². The van der Waals surface area contributed by atoms with Gasteiger partial charge in [0.15, 0.2) is 0 Å². The van der Waals surface area contributed by atoms with Crippen molar-refractivity contribution in [2.24, 2.45) is 10.8 Å². The summed E-state index contributed by atoms with van der Waals surface area (Å²) in [5, 5.41) is 11.9. The van der Waals surface area contributed by atoms with E-state index >= 15 is 0 Å². The van der Waals surface area contributed by atoms with Crippen LogP contribution in [0.15, 0.2) is 0 Å². The lowest BCUT2D eigenvalue weighted by Crippen LogP contribution is -2.43. The van der Waals surface area contributed by atoms with Crippen LogP contribution >= 0.6 is 0 Å². The quantitative estimate of drug-likeness (QED) is 0.734. The van der Waals surface area contributed by atoms with Crippen molar-refractivity contribution in [1.82, 2.24) is 5.32 Å². The smallest absolute Gasteiger partial charge is 0.326 e. The van der Waals surface area contributed by atoms with Crippen molar-refractivity contribution >= 4 is 11.9 Å². The molecule has 1 aliphatic heterocycles. The average molecular weight is 239 g/mol. The zero-order valence-electron chi connectivity index (χ0n) is 10.6. The van der Waals surface area contributed by atoms with Crippen molar-refractivity contribution in [2.75, 3.05) is 0 Å². The second kappa shape index (κ2) is 4.00. The highest BCUT2D eigenvalue weighted by atomic mass is 16.4. The van der Waals surface area contributed by atoms with Crippen LogP contribution in [-0.2, 0) is 9.59 Å². The van der Waals surface area contributed by atoms with E-state index in [4.69, 9.17) is 0 Å². The van der Waals surface area contributed by atoms with Gasteiger partial charge in [0.05, 0.1) is 0 Å². The van der Waals surface area contributed by atoms with Gasteiger partial charge in [-0.15, -0.1) is 0 Å². The first kappa shape index (κ1) is 12.4. The highest BCUT2D eigenvalue weighted by Gasteiger charge is 2.51. The van der Waals surface area contributed by atoms with Crippen LogP contribution in [0.4, 0.5) is 0 Å². The third-order valence-corrected chi connectivity index (χ3v) is 4.51. The summed E-state index contributed by atoms with van der Waals surface area (Å²) in [5.41, 5.74) is -0.0606. The van der Waals surface area contributed by atoms with Crippen LogP contribution in [0.2, 0.25) is 0 Å². The predicted molar refractivity (Wildman–Crippen MR) is 63.5 cm³/mol. The SMILES string of the molecule is CC1(C)CCCC2(CC1)CC(=O)NC2C(=O)O. The van der Waals surface area contributed by atoms with Gasteiger partial charge in [0.2, 0.25) is 5.91 Å². The monoisotopic (exact) mass is 239 g/mol. The largest absolute Gasteiger partial charge is 0.480 e. The maximum absolute atomic E-state index is 11.5. The molecule has 0 radical (unpaired) electrons. The number of amides is 1. The molecule has 96 valence electrons. The first-order valence-corrected chi connectivity index (χ1v) is 6.37. The summed E-state index contributed by atoms with van der Waals surface area (Å²) in [7, 11) is 0. The molecule has 1 amide bonds. The van der Waals surface area contributed by atoms with Crippen LogP contribution in [-0.4, -0.2) is 23.0 Å². The summed E-state index contributed by atoms with van der Waals surface area (Å²) >= 11 is 0. The van der Waals surface area contributed by atoms with Crippen LogP contribution in [0.25, 0.3) is 0 Å². The van der Waals surface area contributed by atoms with Crippen LogP contribution in [0.5, 0.6) is 0 Å². The number of hydrogen-bond donors (Lipinski definition) is 2. The summed E-state index contributed by atoms with van der Waals surface area (Å²) in [6.45, 7) is 4.46. The molecule has 0 aromatic rings. The summed E-state index contributed by atoms with van der Waals surface area (Å²) in [4.78, 5) is 22.8. The number of nitrogens with one attached hydrogen (secondary N) is 1. The van der Waals surface area contributed by atoms with Gasteiger partial charge in [-0.2, -0.15) is 0 Å². The zero-order chi connectivity index (χ0) is 12.7. The lowest BCUT2D eigenvalue weighted by atomic mass is 9.73. The van der Waals surface area contributed by atoms with E-state index in [-0.39, 0.29) is 16.7 Å². The number of aliphatic carboxylic acids is 1. The predicted octanol–water partition coefficient (Wildman–Crippen LogP) is 1.94. The minimum absolute atomic E-state index is 0.0999. The fourth-order valence-electron chi connectivity index (χ4n) is 3.33. The lowest BCUT2D eigenvalue weighted by Gasteiger charge is -2.31. The Morgan fingerprint density at radius 1 is 1.29 bits per heavy atom. The van der Waals surface area contributed by atoms with Crippen LogP contribution in [0.1, 0.15) is 52.4 Å². The van der Waals surface area contributed by atoms with E-state index in [2.05, 4.69) is 19.2 Å². The van der Waals surface area contributed by atoms with E-state index in [9.17, 15) is 14.7 Å². The molecule has 2 aliphatic rings. The molecule has 2 atom stereocenters. The number of carboxylic acids is 1. The molecule has 2 fully saturated rings. The van der Waals surface area contributed by atoms with E-state index in [1.54, 1.807) is 0 Å². The van der Waals surface area contributed by atoms with E-state index in [1.165, 1.54) is 0 Å². The first-order valence-electron chi connectivity index (χ1n) is 6.37. The molecule has 4 heteroatoms. The Bertz CT molecular complexity index is 351. The van der Waals surface area contributed by atoms with Gasteiger partial charge in [-0.25, -0.2) is 4.79 Å². The molecule has 0 bridgehead atoms. The zero-order valence-corrected chi connectivity index (χ0v) is 10.6. The Kier molecular flexibility index (Phi) is 2.92. The average Bonchev–Trinajstić information content (AvgIpc) is 2.45. The summed E-state index contributed by atoms with van der Waals surface area (Å²) < 4.78 is 0. The summed E-state index contributed by atoms with van der Waals surface area (Å²) in [6, 6.07) is -0.677. The molecule has 4 nitrogen and oxygen atoms in total. The maximum atomic E-state index is 11.5. The van der Waals surface area contributed by atoms with Gasteiger partial charge >= 0.3 is 5.97 Å². The third-order valence-electron chi connectivity index (χ3n) is 4.51. The topological polar surface area (TPSA) is 66.4 Å². The molecule has 1 saturated carbocycles. The highest BCUT2D eigenvalue weighted by molar-refractivity contribution is 5.89. The molecule has 2 N–H and O–H groups in total. The minimum atomic E-state index is -0.879. The standard InChI is InChI=1S/C13H21NO3/c1-12(2)4-3-5-13(7-6-12)8-9(15)14-10(13)11(16)17/h10H,3-8H2,1-2H3,(H,14,15)(H,16,17). The maximum Gasteiger partial charge on any atom is 0.326 e. The fraction of sp³-hybridized carbons (Fsp3) is 0.846. The summed E-state index contributed by atoms with van der Waals surface area (Å²) in [6.07, 6.45) is 5.23. The molecule has 1 spiro atoms. The Balaban J connectivity index is 2.22.